The van der Waals surface area contributed by atoms with Crippen molar-refractivity contribution in [2.24, 2.45) is 0 Å². The Labute approximate surface area is 127 Å². The van der Waals surface area contributed by atoms with E-state index in [1.807, 2.05) is 50.2 Å². The van der Waals surface area contributed by atoms with Crippen molar-refractivity contribution in [3.63, 3.8) is 0 Å². The lowest BCUT2D eigenvalue weighted by Crippen LogP contribution is -2.04. The normalized spacial score (nSPS) is 9.81. The van der Waals surface area contributed by atoms with Crippen LogP contribution in [0.25, 0.3) is 0 Å². The predicted molar refractivity (Wildman–Crippen MR) is 83.5 cm³/mol. The zero-order valence-corrected chi connectivity index (χ0v) is 13.0. The quantitative estimate of drug-likeness (QED) is 0.652. The first-order chi connectivity index (χ1) is 10.4. The van der Waals surface area contributed by atoms with Crippen molar-refractivity contribution in [2.75, 3.05) is 19.8 Å². The molecule has 0 aliphatic carbocycles. The number of hydrogen-bond donors (Lipinski definition) is 0. The summed E-state index contributed by atoms with van der Waals surface area (Å²) >= 11 is 0. The fourth-order valence-corrected chi connectivity index (χ4v) is 1.69. The predicted octanol–water partition coefficient (Wildman–Crippen LogP) is 4.12. The first kappa shape index (κ1) is 17.2. The molecule has 0 saturated heterocycles. The molecule has 0 amide bonds. The third-order valence-electron chi connectivity index (χ3n) is 2.66. The van der Waals surface area contributed by atoms with E-state index >= 15 is 0 Å². The molecule has 1 aromatic heterocycles. The third kappa shape index (κ3) is 8.15. The van der Waals surface area contributed by atoms with Crippen molar-refractivity contribution >= 4 is 0 Å². The average molecular weight is 291 g/mol. The van der Waals surface area contributed by atoms with Crippen LogP contribution in [0.3, 0.4) is 0 Å². The molecular formula is C17H25NO3. The Balaban J connectivity index is 0.00000106. The van der Waals surface area contributed by atoms with Gasteiger partial charge in [0.2, 0.25) is 0 Å². The number of ether oxygens (including phenoxy) is 2. The molecule has 1 aromatic carbocycles. The van der Waals surface area contributed by atoms with E-state index < -0.39 is 0 Å². The fraction of sp³-hybridized carbons (Fsp3) is 0.471. The maximum Gasteiger partial charge on any atom is 0.124 e. The molecular weight excluding hydrogens is 266 g/mol. The van der Waals surface area contributed by atoms with Gasteiger partial charge in [-0.2, -0.15) is 0 Å². The Morgan fingerprint density at radius 1 is 0.952 bits per heavy atom. The van der Waals surface area contributed by atoms with Gasteiger partial charge in [-0.15, -0.1) is 0 Å². The number of hydrogen-bond acceptors (Lipinski definition) is 4. The Kier molecular flexibility index (Phi) is 9.83. The smallest absolute Gasteiger partial charge is 0.124 e. The summed E-state index contributed by atoms with van der Waals surface area (Å²) in [6, 6.07) is 11.7. The van der Waals surface area contributed by atoms with Crippen LogP contribution in [0.1, 0.15) is 32.4 Å². The second-order valence-corrected chi connectivity index (χ2v) is 4.22. The van der Waals surface area contributed by atoms with Gasteiger partial charge in [0, 0.05) is 25.7 Å². The van der Waals surface area contributed by atoms with E-state index in [4.69, 9.17) is 14.0 Å². The Morgan fingerprint density at radius 2 is 1.71 bits per heavy atom. The van der Waals surface area contributed by atoms with E-state index in [1.54, 1.807) is 6.26 Å². The first-order valence-corrected chi connectivity index (χ1v) is 7.60. The molecule has 0 N–H and O–H groups in total. The Morgan fingerprint density at radius 3 is 2.43 bits per heavy atom. The average Bonchev–Trinajstić information content (AvgIpc) is 3.06. The molecule has 0 atom stereocenters. The maximum absolute atomic E-state index is 5.57. The van der Waals surface area contributed by atoms with Crippen molar-refractivity contribution in [1.29, 1.82) is 0 Å². The van der Waals surface area contributed by atoms with Crippen LogP contribution in [0.15, 0.2) is 47.2 Å². The summed E-state index contributed by atoms with van der Waals surface area (Å²) < 4.78 is 15.9. The fourth-order valence-electron chi connectivity index (χ4n) is 1.69. The Bertz CT molecular complexity index is 429. The highest BCUT2D eigenvalue weighted by molar-refractivity contribution is 5.20. The lowest BCUT2D eigenvalue weighted by Gasteiger charge is -2.06. The molecule has 4 nitrogen and oxygen atoms in total. The van der Waals surface area contributed by atoms with Crippen molar-refractivity contribution in [3.8, 4) is 5.75 Å². The van der Waals surface area contributed by atoms with Crippen LogP contribution < -0.4 is 4.74 Å². The van der Waals surface area contributed by atoms with Crippen LogP contribution in [-0.2, 0) is 11.2 Å². The minimum Gasteiger partial charge on any atom is -0.494 e. The second-order valence-electron chi connectivity index (χ2n) is 4.22. The van der Waals surface area contributed by atoms with Gasteiger partial charge in [0.1, 0.15) is 12.0 Å². The summed E-state index contributed by atoms with van der Waals surface area (Å²) in [4.78, 5) is 0. The highest BCUT2D eigenvalue weighted by atomic mass is 16.5. The number of nitrogens with zero attached hydrogens (tertiary/aromatic N) is 1. The van der Waals surface area contributed by atoms with Gasteiger partial charge in [0.25, 0.3) is 0 Å². The summed E-state index contributed by atoms with van der Waals surface area (Å²) in [5.74, 6) is 0.911. The highest BCUT2D eigenvalue weighted by Crippen LogP contribution is 2.08. The lowest BCUT2D eigenvalue weighted by molar-refractivity contribution is 0.117. The van der Waals surface area contributed by atoms with Crippen LogP contribution >= 0.6 is 0 Å². The summed E-state index contributed by atoms with van der Waals surface area (Å²) in [5.41, 5.74) is 0.982. The highest BCUT2D eigenvalue weighted by Gasteiger charge is 1.97. The largest absolute Gasteiger partial charge is 0.494 e. The molecule has 2 rings (SSSR count). The van der Waals surface area contributed by atoms with Crippen LogP contribution in [0.2, 0.25) is 0 Å². The topological polar surface area (TPSA) is 44.5 Å². The standard InChI is InChI=1S/C15H19NO3.C2H6/c1-2-7-15(8-3-1)18-12-5-11-17-10-4-6-14-9-13-19-16-14;1-2/h1-3,7-9,13H,4-6,10-12H2;1-2H3. The van der Waals surface area contributed by atoms with Crippen LogP contribution in [-0.4, -0.2) is 25.0 Å². The summed E-state index contributed by atoms with van der Waals surface area (Å²) in [5, 5.41) is 3.85. The van der Waals surface area contributed by atoms with E-state index in [2.05, 4.69) is 5.16 Å². The van der Waals surface area contributed by atoms with Gasteiger partial charge in [-0.05, 0) is 25.0 Å². The number of aryl methyl sites for hydroxylation is 1. The number of benzene rings is 1. The Hall–Kier alpha value is -1.81. The van der Waals surface area contributed by atoms with Crippen molar-refractivity contribution in [3.05, 3.63) is 48.4 Å². The number of rotatable bonds is 9. The zero-order valence-electron chi connectivity index (χ0n) is 13.0. The van der Waals surface area contributed by atoms with Crippen LogP contribution in [0.4, 0.5) is 0 Å². The minimum atomic E-state index is 0.688. The molecule has 0 aliphatic heterocycles. The van der Waals surface area contributed by atoms with Gasteiger partial charge in [-0.3, -0.25) is 0 Å². The maximum atomic E-state index is 5.57. The SMILES string of the molecule is CC.c1ccc(OCCCOCCCc2ccon2)cc1. The van der Waals surface area contributed by atoms with Crippen molar-refractivity contribution < 1.29 is 14.0 Å². The van der Waals surface area contributed by atoms with Gasteiger partial charge in [0.05, 0.1) is 12.3 Å². The van der Waals surface area contributed by atoms with Gasteiger partial charge < -0.3 is 14.0 Å². The molecule has 116 valence electrons. The van der Waals surface area contributed by atoms with Gasteiger partial charge in [0.15, 0.2) is 0 Å². The van der Waals surface area contributed by atoms with E-state index in [-0.39, 0.29) is 0 Å². The second kappa shape index (κ2) is 12.0. The van der Waals surface area contributed by atoms with Gasteiger partial charge in [-0.1, -0.05) is 37.2 Å². The van der Waals surface area contributed by atoms with E-state index in [0.717, 1.165) is 43.9 Å². The monoisotopic (exact) mass is 291 g/mol. The van der Waals surface area contributed by atoms with Crippen LogP contribution in [0.5, 0.6) is 5.75 Å². The van der Waals surface area contributed by atoms with E-state index in [0.29, 0.717) is 6.61 Å². The van der Waals surface area contributed by atoms with E-state index in [9.17, 15) is 0 Å². The molecule has 0 spiro atoms. The third-order valence-corrected chi connectivity index (χ3v) is 2.66. The van der Waals surface area contributed by atoms with Gasteiger partial charge in [-0.25, -0.2) is 0 Å². The molecule has 0 saturated carbocycles. The molecule has 1 heterocycles. The number of aromatic nitrogens is 1. The van der Waals surface area contributed by atoms with Crippen LogP contribution in [0, 0.1) is 0 Å². The first-order valence-electron chi connectivity index (χ1n) is 7.60. The molecule has 0 fully saturated rings. The molecule has 0 aliphatic rings. The molecule has 0 bridgehead atoms. The number of para-hydroxylation sites is 1. The van der Waals surface area contributed by atoms with Crippen molar-refractivity contribution in [2.45, 2.75) is 33.1 Å². The minimum absolute atomic E-state index is 0.688. The zero-order chi connectivity index (χ0) is 15.2. The van der Waals surface area contributed by atoms with Crippen molar-refractivity contribution in [1.82, 2.24) is 5.16 Å². The van der Waals surface area contributed by atoms with Gasteiger partial charge >= 0.3 is 0 Å². The summed E-state index contributed by atoms with van der Waals surface area (Å²) in [6.07, 6.45) is 4.36. The molecule has 21 heavy (non-hydrogen) atoms. The molecule has 0 unspecified atom stereocenters. The molecule has 2 aromatic rings. The summed E-state index contributed by atoms with van der Waals surface area (Å²) in [6.45, 7) is 6.16. The lowest BCUT2D eigenvalue weighted by atomic mass is 10.2. The molecule has 4 heteroatoms. The van der Waals surface area contributed by atoms with E-state index in [1.165, 1.54) is 0 Å². The molecule has 0 radical (unpaired) electrons. The summed E-state index contributed by atoms with van der Waals surface area (Å²) in [7, 11) is 0.